The third-order valence-corrected chi connectivity index (χ3v) is 2.75. The van der Waals surface area contributed by atoms with Gasteiger partial charge in [-0.3, -0.25) is 0 Å². The molecule has 0 saturated carbocycles. The van der Waals surface area contributed by atoms with Gasteiger partial charge in [-0.25, -0.2) is 0 Å². The maximum atomic E-state index is 5.89. The minimum absolute atomic E-state index is 0.0379. The topological polar surface area (TPSA) is 44.5 Å². The van der Waals surface area contributed by atoms with Gasteiger partial charge in [0.25, 0.3) is 0 Å². The molecule has 4 heteroatoms. The number of ether oxygens (including phenoxy) is 2. The Morgan fingerprint density at radius 2 is 1.94 bits per heavy atom. The molecule has 1 aromatic rings. The van der Waals surface area contributed by atoms with Crippen molar-refractivity contribution in [3.05, 3.63) is 28.2 Å². The Morgan fingerprint density at radius 3 is 2.53 bits per heavy atom. The van der Waals surface area contributed by atoms with Crippen molar-refractivity contribution < 1.29 is 9.47 Å². The van der Waals surface area contributed by atoms with Crippen molar-refractivity contribution in [2.45, 2.75) is 32.9 Å². The molecule has 3 nitrogen and oxygen atoms in total. The molecule has 1 aromatic carbocycles. The van der Waals surface area contributed by atoms with E-state index >= 15 is 0 Å². The van der Waals surface area contributed by atoms with Gasteiger partial charge in [0.1, 0.15) is 12.4 Å². The molecule has 17 heavy (non-hydrogen) atoms. The monoisotopic (exact) mass is 301 g/mol. The predicted molar refractivity (Wildman–Crippen MR) is 73.3 cm³/mol. The van der Waals surface area contributed by atoms with E-state index in [2.05, 4.69) is 15.9 Å². The lowest BCUT2D eigenvalue weighted by Gasteiger charge is -2.15. The minimum Gasteiger partial charge on any atom is -0.491 e. The zero-order chi connectivity index (χ0) is 12.8. The smallest absolute Gasteiger partial charge is 0.125 e. The van der Waals surface area contributed by atoms with E-state index in [4.69, 9.17) is 15.2 Å². The molecule has 0 aliphatic carbocycles. The molecule has 96 valence electrons. The highest BCUT2D eigenvalue weighted by Gasteiger charge is 2.08. The van der Waals surface area contributed by atoms with Gasteiger partial charge in [-0.2, -0.15) is 0 Å². The molecule has 0 amide bonds. The molecule has 0 spiro atoms. The third kappa shape index (κ3) is 5.06. The first kappa shape index (κ1) is 14.5. The maximum absolute atomic E-state index is 5.89. The Balaban J connectivity index is 2.59. The standard InChI is InChI=1S/C13H20BrNO2/c1-9(2)16-6-7-17-13-8-11(14)4-5-12(13)10(3)15/h4-5,8-10H,6-7,15H2,1-3H3/t10-/m1/s1. The van der Waals surface area contributed by atoms with Gasteiger partial charge in [0.2, 0.25) is 0 Å². The summed E-state index contributed by atoms with van der Waals surface area (Å²) < 4.78 is 12.1. The van der Waals surface area contributed by atoms with Crippen LogP contribution in [0, 0.1) is 0 Å². The van der Waals surface area contributed by atoms with Crippen LogP contribution >= 0.6 is 15.9 Å². The van der Waals surface area contributed by atoms with Crippen LogP contribution in [0.5, 0.6) is 5.75 Å². The maximum Gasteiger partial charge on any atom is 0.125 e. The molecule has 0 aliphatic heterocycles. The summed E-state index contributed by atoms with van der Waals surface area (Å²) in [6, 6.07) is 5.85. The fraction of sp³-hybridized carbons (Fsp3) is 0.538. The lowest BCUT2D eigenvalue weighted by atomic mass is 10.1. The molecule has 2 N–H and O–H groups in total. The van der Waals surface area contributed by atoms with E-state index in [0.29, 0.717) is 13.2 Å². The second-order valence-electron chi connectivity index (χ2n) is 4.24. The summed E-state index contributed by atoms with van der Waals surface area (Å²) in [5.74, 6) is 0.821. The second kappa shape index (κ2) is 6.99. The molecule has 1 atom stereocenters. The SMILES string of the molecule is CC(C)OCCOc1cc(Br)ccc1[C@@H](C)N. The van der Waals surface area contributed by atoms with Crippen LogP contribution < -0.4 is 10.5 Å². The minimum atomic E-state index is -0.0379. The number of halogens is 1. The Bertz CT molecular complexity index is 353. The van der Waals surface area contributed by atoms with E-state index in [1.165, 1.54) is 0 Å². The zero-order valence-corrected chi connectivity index (χ0v) is 12.2. The molecule has 0 bridgehead atoms. The number of benzene rings is 1. The number of rotatable bonds is 6. The summed E-state index contributed by atoms with van der Waals surface area (Å²) >= 11 is 3.43. The molecule has 0 radical (unpaired) electrons. The Kier molecular flexibility index (Phi) is 5.95. The first-order valence-electron chi connectivity index (χ1n) is 5.80. The molecule has 0 saturated heterocycles. The van der Waals surface area contributed by atoms with Crippen LogP contribution in [0.2, 0.25) is 0 Å². The summed E-state index contributed by atoms with van der Waals surface area (Å²) in [5, 5.41) is 0. The van der Waals surface area contributed by atoms with E-state index < -0.39 is 0 Å². The quantitative estimate of drug-likeness (QED) is 0.820. The summed E-state index contributed by atoms with van der Waals surface area (Å²) in [6.07, 6.45) is 0.231. The zero-order valence-electron chi connectivity index (χ0n) is 10.6. The van der Waals surface area contributed by atoms with Crippen molar-refractivity contribution in [1.82, 2.24) is 0 Å². The molecular weight excluding hydrogens is 282 g/mol. The highest BCUT2D eigenvalue weighted by Crippen LogP contribution is 2.27. The van der Waals surface area contributed by atoms with Crippen molar-refractivity contribution in [3.63, 3.8) is 0 Å². The fourth-order valence-corrected chi connectivity index (χ4v) is 1.78. The second-order valence-corrected chi connectivity index (χ2v) is 5.15. The first-order valence-corrected chi connectivity index (χ1v) is 6.59. The summed E-state index contributed by atoms with van der Waals surface area (Å²) in [6.45, 7) is 7.08. The lowest BCUT2D eigenvalue weighted by molar-refractivity contribution is 0.0550. The normalized spacial score (nSPS) is 12.8. The van der Waals surface area contributed by atoms with Crippen molar-refractivity contribution in [3.8, 4) is 5.75 Å². The Morgan fingerprint density at radius 1 is 1.24 bits per heavy atom. The van der Waals surface area contributed by atoms with Crippen molar-refractivity contribution in [2.75, 3.05) is 13.2 Å². The van der Waals surface area contributed by atoms with Gasteiger partial charge in [0.05, 0.1) is 12.7 Å². The highest BCUT2D eigenvalue weighted by molar-refractivity contribution is 9.10. The van der Waals surface area contributed by atoms with E-state index in [-0.39, 0.29) is 12.1 Å². The van der Waals surface area contributed by atoms with Crippen LogP contribution in [0.15, 0.2) is 22.7 Å². The molecule has 0 aromatic heterocycles. The van der Waals surface area contributed by atoms with Gasteiger partial charge in [-0.1, -0.05) is 22.0 Å². The van der Waals surface area contributed by atoms with Gasteiger partial charge in [-0.05, 0) is 32.9 Å². The van der Waals surface area contributed by atoms with Gasteiger partial charge >= 0.3 is 0 Å². The van der Waals surface area contributed by atoms with Gasteiger partial charge in [0, 0.05) is 16.1 Å². The van der Waals surface area contributed by atoms with Crippen molar-refractivity contribution in [1.29, 1.82) is 0 Å². The van der Waals surface area contributed by atoms with Crippen LogP contribution in [0.1, 0.15) is 32.4 Å². The van der Waals surface area contributed by atoms with Gasteiger partial charge < -0.3 is 15.2 Å². The molecule has 0 unspecified atom stereocenters. The molecule has 0 fully saturated rings. The van der Waals surface area contributed by atoms with Crippen LogP contribution in [0.3, 0.4) is 0 Å². The average Bonchev–Trinajstić information content (AvgIpc) is 2.23. The van der Waals surface area contributed by atoms with Crippen LogP contribution in [-0.2, 0) is 4.74 Å². The molecule has 0 heterocycles. The van der Waals surface area contributed by atoms with Crippen molar-refractivity contribution >= 4 is 15.9 Å². The fourth-order valence-electron chi connectivity index (χ4n) is 1.44. The molecule has 1 rings (SSSR count). The first-order chi connectivity index (χ1) is 8.00. The Labute approximate surface area is 111 Å². The van der Waals surface area contributed by atoms with Crippen molar-refractivity contribution in [2.24, 2.45) is 5.73 Å². The summed E-state index contributed by atoms with van der Waals surface area (Å²) in [4.78, 5) is 0. The Hall–Kier alpha value is -0.580. The van der Waals surface area contributed by atoms with E-state index in [9.17, 15) is 0 Å². The van der Waals surface area contributed by atoms with E-state index in [1.807, 2.05) is 39.0 Å². The lowest BCUT2D eigenvalue weighted by Crippen LogP contribution is -2.13. The van der Waals surface area contributed by atoms with Gasteiger partial charge in [-0.15, -0.1) is 0 Å². The van der Waals surface area contributed by atoms with E-state index in [0.717, 1.165) is 15.8 Å². The highest BCUT2D eigenvalue weighted by atomic mass is 79.9. The predicted octanol–water partition coefficient (Wildman–Crippen LogP) is 3.27. The third-order valence-electron chi connectivity index (χ3n) is 2.26. The summed E-state index contributed by atoms with van der Waals surface area (Å²) in [7, 11) is 0. The number of hydrogen-bond donors (Lipinski definition) is 1. The molecular formula is C13H20BrNO2. The van der Waals surface area contributed by atoms with Gasteiger partial charge in [0.15, 0.2) is 0 Å². The van der Waals surface area contributed by atoms with Crippen LogP contribution in [0.4, 0.5) is 0 Å². The van der Waals surface area contributed by atoms with Crippen LogP contribution in [0.25, 0.3) is 0 Å². The largest absolute Gasteiger partial charge is 0.491 e. The molecule has 0 aliphatic rings. The summed E-state index contributed by atoms with van der Waals surface area (Å²) in [5.41, 5.74) is 6.90. The van der Waals surface area contributed by atoms with E-state index in [1.54, 1.807) is 0 Å². The number of hydrogen-bond acceptors (Lipinski definition) is 3. The average molecular weight is 302 g/mol. The number of nitrogens with two attached hydrogens (primary N) is 1. The van der Waals surface area contributed by atoms with Crippen LogP contribution in [-0.4, -0.2) is 19.3 Å².